The van der Waals surface area contributed by atoms with Gasteiger partial charge in [-0.25, -0.2) is 13.1 Å². The van der Waals surface area contributed by atoms with E-state index >= 15 is 0 Å². The molecule has 9 heteroatoms. The van der Waals surface area contributed by atoms with Crippen molar-refractivity contribution in [3.8, 4) is 0 Å². The number of halogens is 3. The number of rotatable bonds is 7. The summed E-state index contributed by atoms with van der Waals surface area (Å²) >= 11 is 15.0. The van der Waals surface area contributed by atoms with Gasteiger partial charge in [0.1, 0.15) is 4.90 Å². The number of nitrogens with one attached hydrogen (secondary N) is 2. The first-order valence-electron chi connectivity index (χ1n) is 5.77. The lowest BCUT2D eigenvalue weighted by molar-refractivity contribution is 0.192. The molecule has 20 heavy (non-hydrogen) atoms. The second-order valence-electron chi connectivity index (χ2n) is 4.15. The van der Waals surface area contributed by atoms with Crippen molar-refractivity contribution >= 4 is 49.2 Å². The number of hydrogen-bond donors (Lipinski definition) is 3. The summed E-state index contributed by atoms with van der Waals surface area (Å²) in [6, 6.07) is 2.93. The molecule has 0 aromatic heterocycles. The van der Waals surface area contributed by atoms with Crippen LogP contribution < -0.4 is 10.0 Å². The van der Waals surface area contributed by atoms with Crippen molar-refractivity contribution in [2.24, 2.45) is 0 Å². The summed E-state index contributed by atoms with van der Waals surface area (Å²) in [6.07, 6.45) is -0.484. The monoisotopic (exact) mass is 404 g/mol. The van der Waals surface area contributed by atoms with E-state index in [4.69, 9.17) is 28.3 Å². The molecule has 0 fully saturated rings. The summed E-state index contributed by atoms with van der Waals surface area (Å²) < 4.78 is 27.2. The Labute approximate surface area is 136 Å². The Morgan fingerprint density at radius 3 is 2.35 bits per heavy atom. The Balaban J connectivity index is 2.70. The molecule has 0 aliphatic heterocycles. The molecule has 1 atom stereocenters. The van der Waals surface area contributed by atoms with E-state index in [-0.39, 0.29) is 21.5 Å². The molecule has 1 aromatic carbocycles. The Hall–Kier alpha value is 0.110. The highest BCUT2D eigenvalue weighted by Gasteiger charge is 2.21. The van der Waals surface area contributed by atoms with Crippen molar-refractivity contribution in [2.45, 2.75) is 17.9 Å². The SMILES string of the molecule is CC(O)CNCCNS(=O)(=O)c1c(Cl)cc(Br)cc1Cl. The van der Waals surface area contributed by atoms with Gasteiger partial charge in [-0.1, -0.05) is 39.1 Å². The van der Waals surface area contributed by atoms with E-state index < -0.39 is 16.1 Å². The topological polar surface area (TPSA) is 78.4 Å². The van der Waals surface area contributed by atoms with Crippen LogP contribution in [0, 0.1) is 0 Å². The molecule has 0 bridgehead atoms. The van der Waals surface area contributed by atoms with Gasteiger partial charge in [0.05, 0.1) is 16.1 Å². The molecule has 0 spiro atoms. The van der Waals surface area contributed by atoms with Crippen molar-refractivity contribution in [3.63, 3.8) is 0 Å². The van der Waals surface area contributed by atoms with Crippen LogP contribution in [-0.2, 0) is 10.0 Å². The van der Waals surface area contributed by atoms with Gasteiger partial charge in [-0.05, 0) is 19.1 Å². The molecule has 1 rings (SSSR count). The molecule has 5 nitrogen and oxygen atoms in total. The Bertz CT molecular complexity index is 544. The molecule has 0 radical (unpaired) electrons. The molecule has 0 amide bonds. The van der Waals surface area contributed by atoms with E-state index in [0.717, 1.165) is 0 Å². The van der Waals surface area contributed by atoms with Crippen molar-refractivity contribution < 1.29 is 13.5 Å². The van der Waals surface area contributed by atoms with E-state index in [2.05, 4.69) is 26.0 Å². The molecule has 1 aromatic rings. The van der Waals surface area contributed by atoms with Gasteiger partial charge in [-0.2, -0.15) is 0 Å². The molecule has 0 saturated heterocycles. The molecular weight excluding hydrogens is 391 g/mol. The number of sulfonamides is 1. The first-order valence-corrected chi connectivity index (χ1v) is 8.80. The van der Waals surface area contributed by atoms with E-state index in [1.807, 2.05) is 0 Å². The number of aliphatic hydroxyl groups is 1. The van der Waals surface area contributed by atoms with Gasteiger partial charge in [0.2, 0.25) is 10.0 Å². The number of benzene rings is 1. The van der Waals surface area contributed by atoms with Crippen molar-refractivity contribution in [2.75, 3.05) is 19.6 Å². The van der Waals surface area contributed by atoms with E-state index in [0.29, 0.717) is 17.6 Å². The molecule has 0 heterocycles. The Morgan fingerprint density at radius 2 is 1.85 bits per heavy atom. The second-order valence-corrected chi connectivity index (χ2v) is 7.58. The maximum atomic E-state index is 12.1. The summed E-state index contributed by atoms with van der Waals surface area (Å²) in [7, 11) is -3.78. The van der Waals surface area contributed by atoms with Crippen LogP contribution in [0.2, 0.25) is 10.0 Å². The molecule has 0 saturated carbocycles. The standard InChI is InChI=1S/C11H15BrCl2N2O3S/c1-7(17)6-15-2-3-16-20(18,19)11-9(13)4-8(12)5-10(11)14/h4-5,7,15-17H,2-3,6H2,1H3. The number of aliphatic hydroxyl groups excluding tert-OH is 1. The average molecular weight is 406 g/mol. The largest absolute Gasteiger partial charge is 0.392 e. The quantitative estimate of drug-likeness (QED) is 0.606. The van der Waals surface area contributed by atoms with Crippen LogP contribution in [0.1, 0.15) is 6.92 Å². The molecule has 0 aliphatic carbocycles. The summed E-state index contributed by atoms with van der Waals surface area (Å²) in [5, 5.41) is 12.0. The highest BCUT2D eigenvalue weighted by Crippen LogP contribution is 2.32. The molecule has 0 aliphatic rings. The first-order chi connectivity index (χ1) is 9.24. The molecular formula is C11H15BrCl2N2O3S. The maximum absolute atomic E-state index is 12.1. The van der Waals surface area contributed by atoms with Crippen LogP contribution in [0.15, 0.2) is 21.5 Å². The van der Waals surface area contributed by atoms with E-state index in [1.165, 1.54) is 12.1 Å². The summed E-state index contributed by atoms with van der Waals surface area (Å²) in [5.74, 6) is 0. The Kier molecular flexibility index (Phi) is 7.20. The average Bonchev–Trinajstić information content (AvgIpc) is 2.25. The van der Waals surface area contributed by atoms with Gasteiger partial charge in [-0.3, -0.25) is 0 Å². The molecule has 3 N–H and O–H groups in total. The smallest absolute Gasteiger partial charge is 0.243 e. The van der Waals surface area contributed by atoms with Gasteiger partial charge >= 0.3 is 0 Å². The fraction of sp³-hybridized carbons (Fsp3) is 0.455. The van der Waals surface area contributed by atoms with Gasteiger partial charge in [0.25, 0.3) is 0 Å². The highest BCUT2D eigenvalue weighted by atomic mass is 79.9. The lowest BCUT2D eigenvalue weighted by Gasteiger charge is -2.11. The van der Waals surface area contributed by atoms with Gasteiger partial charge in [-0.15, -0.1) is 0 Å². The Morgan fingerprint density at radius 1 is 1.30 bits per heavy atom. The van der Waals surface area contributed by atoms with E-state index in [1.54, 1.807) is 6.92 Å². The van der Waals surface area contributed by atoms with Gasteiger partial charge < -0.3 is 10.4 Å². The zero-order valence-corrected chi connectivity index (χ0v) is 14.6. The van der Waals surface area contributed by atoms with E-state index in [9.17, 15) is 8.42 Å². The zero-order chi connectivity index (χ0) is 15.3. The maximum Gasteiger partial charge on any atom is 0.243 e. The predicted octanol–water partition coefficient (Wildman–Crippen LogP) is 2.00. The second kappa shape index (κ2) is 7.93. The van der Waals surface area contributed by atoms with Gasteiger partial charge in [0, 0.05) is 24.1 Å². The molecule has 114 valence electrons. The normalized spacial score (nSPS) is 13.4. The summed E-state index contributed by atoms with van der Waals surface area (Å²) in [6.45, 7) is 2.58. The van der Waals surface area contributed by atoms with Crippen LogP contribution >= 0.6 is 39.1 Å². The minimum atomic E-state index is -3.78. The van der Waals surface area contributed by atoms with Crippen molar-refractivity contribution in [3.05, 3.63) is 26.7 Å². The summed E-state index contributed by atoms with van der Waals surface area (Å²) in [5.41, 5.74) is 0. The zero-order valence-electron chi connectivity index (χ0n) is 10.7. The fourth-order valence-corrected chi connectivity index (χ4v) is 4.41. The van der Waals surface area contributed by atoms with Crippen LogP contribution in [-0.4, -0.2) is 39.3 Å². The predicted molar refractivity (Wildman–Crippen MR) is 83.9 cm³/mol. The minimum absolute atomic E-state index is 0.0498. The lowest BCUT2D eigenvalue weighted by atomic mass is 10.4. The third kappa shape index (κ3) is 5.48. The van der Waals surface area contributed by atoms with Crippen LogP contribution in [0.25, 0.3) is 0 Å². The third-order valence-corrected chi connectivity index (χ3v) is 5.10. The fourth-order valence-electron chi connectivity index (χ4n) is 1.44. The highest BCUT2D eigenvalue weighted by molar-refractivity contribution is 9.10. The van der Waals surface area contributed by atoms with Crippen LogP contribution in [0.4, 0.5) is 0 Å². The molecule has 1 unspecified atom stereocenters. The number of hydrogen-bond acceptors (Lipinski definition) is 4. The van der Waals surface area contributed by atoms with Crippen molar-refractivity contribution in [1.29, 1.82) is 0 Å². The van der Waals surface area contributed by atoms with Crippen LogP contribution in [0.3, 0.4) is 0 Å². The van der Waals surface area contributed by atoms with Crippen molar-refractivity contribution in [1.82, 2.24) is 10.0 Å². The third-order valence-electron chi connectivity index (χ3n) is 2.27. The first kappa shape index (κ1) is 18.2. The van der Waals surface area contributed by atoms with Crippen LogP contribution in [0.5, 0.6) is 0 Å². The minimum Gasteiger partial charge on any atom is -0.392 e. The van der Waals surface area contributed by atoms with Gasteiger partial charge in [0.15, 0.2) is 0 Å². The lowest BCUT2D eigenvalue weighted by Crippen LogP contribution is -2.34. The summed E-state index contributed by atoms with van der Waals surface area (Å²) in [4.78, 5) is -0.139.